The highest BCUT2D eigenvalue weighted by Crippen LogP contribution is 2.30. The minimum Gasteiger partial charge on any atom is -0.444 e. The molecule has 0 saturated carbocycles. The molecule has 1 rings (SSSR count). The first-order chi connectivity index (χ1) is 9.21. The Bertz CT molecular complexity index is 379. The standard InChI is InChI=1S/C14H23Cl2NO3/c1-5-14(19-9-11(16)8-15)6-7-17(10-14)12(18)20-13(2,3)4/h8H,5-7,9-10H2,1-4H3. The lowest BCUT2D eigenvalue weighted by molar-refractivity contribution is -0.0302. The van der Waals surface area contributed by atoms with Gasteiger partial charge in [0.2, 0.25) is 0 Å². The Balaban J connectivity index is 2.60. The van der Waals surface area contributed by atoms with Gasteiger partial charge < -0.3 is 14.4 Å². The van der Waals surface area contributed by atoms with Crippen molar-refractivity contribution in [2.75, 3.05) is 19.7 Å². The molecule has 1 fully saturated rings. The topological polar surface area (TPSA) is 38.8 Å². The number of carbonyl (C=O) groups excluding carboxylic acids is 1. The second kappa shape index (κ2) is 7.01. The number of likely N-dealkylation sites (tertiary alicyclic amines) is 1. The quantitative estimate of drug-likeness (QED) is 0.781. The van der Waals surface area contributed by atoms with Crippen molar-refractivity contribution in [2.24, 2.45) is 0 Å². The second-order valence-electron chi connectivity index (χ2n) is 6.03. The fourth-order valence-electron chi connectivity index (χ4n) is 2.09. The summed E-state index contributed by atoms with van der Waals surface area (Å²) in [7, 11) is 0. The highest BCUT2D eigenvalue weighted by Gasteiger charge is 2.41. The summed E-state index contributed by atoms with van der Waals surface area (Å²) < 4.78 is 11.2. The van der Waals surface area contributed by atoms with Crippen molar-refractivity contribution in [1.29, 1.82) is 0 Å². The fourth-order valence-corrected chi connectivity index (χ4v) is 2.21. The summed E-state index contributed by atoms with van der Waals surface area (Å²) in [5.74, 6) is 0. The molecule has 1 atom stereocenters. The highest BCUT2D eigenvalue weighted by atomic mass is 35.5. The zero-order chi connectivity index (χ0) is 15.4. The molecule has 1 saturated heterocycles. The summed E-state index contributed by atoms with van der Waals surface area (Å²) in [6, 6.07) is 0. The van der Waals surface area contributed by atoms with E-state index in [1.54, 1.807) is 4.90 Å². The van der Waals surface area contributed by atoms with E-state index in [4.69, 9.17) is 32.7 Å². The molecular weight excluding hydrogens is 301 g/mol. The Kier molecular flexibility index (Phi) is 6.17. The maximum absolute atomic E-state index is 12.0. The summed E-state index contributed by atoms with van der Waals surface area (Å²) >= 11 is 11.4. The molecule has 1 heterocycles. The number of ether oxygens (including phenoxy) is 2. The van der Waals surface area contributed by atoms with Gasteiger partial charge in [-0.2, -0.15) is 0 Å². The third kappa shape index (κ3) is 5.15. The molecule has 1 amide bonds. The number of hydrogen-bond donors (Lipinski definition) is 0. The predicted octanol–water partition coefficient (Wildman–Crippen LogP) is 4.11. The van der Waals surface area contributed by atoms with Crippen molar-refractivity contribution in [3.05, 3.63) is 10.6 Å². The van der Waals surface area contributed by atoms with E-state index in [9.17, 15) is 4.79 Å². The van der Waals surface area contributed by atoms with E-state index in [1.165, 1.54) is 5.54 Å². The number of rotatable bonds is 4. The SMILES string of the molecule is CCC1(OCC(Cl)=CCl)CCN(C(=O)OC(C)(C)C)C1. The van der Waals surface area contributed by atoms with Crippen LogP contribution in [0.2, 0.25) is 0 Å². The molecule has 1 unspecified atom stereocenters. The second-order valence-corrected chi connectivity index (χ2v) is 6.74. The van der Waals surface area contributed by atoms with Gasteiger partial charge >= 0.3 is 6.09 Å². The molecule has 0 radical (unpaired) electrons. The van der Waals surface area contributed by atoms with E-state index in [2.05, 4.69) is 0 Å². The van der Waals surface area contributed by atoms with Crippen LogP contribution in [0.4, 0.5) is 4.79 Å². The normalized spacial score (nSPS) is 24.1. The number of halogens is 2. The Morgan fingerprint density at radius 3 is 2.60 bits per heavy atom. The van der Waals surface area contributed by atoms with Crippen molar-refractivity contribution >= 4 is 29.3 Å². The van der Waals surface area contributed by atoms with Crippen LogP contribution in [0.3, 0.4) is 0 Å². The molecule has 1 aliphatic rings. The Labute approximate surface area is 131 Å². The van der Waals surface area contributed by atoms with Gasteiger partial charge in [-0.25, -0.2) is 4.79 Å². The van der Waals surface area contributed by atoms with Gasteiger partial charge in [-0.05, 0) is 33.6 Å². The number of nitrogens with zero attached hydrogens (tertiary/aromatic N) is 1. The highest BCUT2D eigenvalue weighted by molar-refractivity contribution is 6.36. The van der Waals surface area contributed by atoms with Gasteiger partial charge in [0.15, 0.2) is 0 Å². The van der Waals surface area contributed by atoms with Crippen molar-refractivity contribution in [3.8, 4) is 0 Å². The van der Waals surface area contributed by atoms with Crippen molar-refractivity contribution in [2.45, 2.75) is 51.7 Å². The lowest BCUT2D eigenvalue weighted by Gasteiger charge is -2.29. The van der Waals surface area contributed by atoms with Crippen LogP contribution in [0.15, 0.2) is 10.6 Å². The maximum atomic E-state index is 12.0. The number of hydrogen-bond acceptors (Lipinski definition) is 3. The zero-order valence-corrected chi connectivity index (χ0v) is 14.1. The summed E-state index contributed by atoms with van der Waals surface area (Å²) in [5.41, 5.74) is 0.447. The smallest absolute Gasteiger partial charge is 0.410 e. The number of carbonyl (C=O) groups is 1. The summed E-state index contributed by atoms with van der Waals surface area (Å²) in [5, 5.41) is 0.454. The zero-order valence-electron chi connectivity index (χ0n) is 12.5. The maximum Gasteiger partial charge on any atom is 0.410 e. The third-order valence-corrected chi connectivity index (χ3v) is 3.84. The van der Waals surface area contributed by atoms with Crippen LogP contribution in [0.25, 0.3) is 0 Å². The molecule has 1 aliphatic heterocycles. The Morgan fingerprint density at radius 1 is 1.45 bits per heavy atom. The van der Waals surface area contributed by atoms with Gasteiger partial charge in [-0.3, -0.25) is 0 Å². The van der Waals surface area contributed by atoms with E-state index < -0.39 is 5.60 Å². The molecule has 0 spiro atoms. The van der Waals surface area contributed by atoms with Crippen LogP contribution in [-0.4, -0.2) is 41.9 Å². The first-order valence-corrected chi connectivity index (χ1v) is 7.59. The first kappa shape index (κ1) is 17.6. The van der Waals surface area contributed by atoms with E-state index in [0.29, 0.717) is 18.1 Å². The van der Waals surface area contributed by atoms with Crippen LogP contribution in [0.1, 0.15) is 40.5 Å². The molecule has 0 bridgehead atoms. The van der Waals surface area contributed by atoms with Crippen molar-refractivity contribution in [1.82, 2.24) is 4.90 Å². The predicted molar refractivity (Wildman–Crippen MR) is 81.2 cm³/mol. The van der Waals surface area contributed by atoms with Crippen LogP contribution in [0.5, 0.6) is 0 Å². The van der Waals surface area contributed by atoms with Gasteiger partial charge in [0.1, 0.15) is 5.60 Å². The van der Waals surface area contributed by atoms with E-state index in [-0.39, 0.29) is 18.3 Å². The lowest BCUT2D eigenvalue weighted by Crippen LogP contribution is -2.40. The van der Waals surface area contributed by atoms with Gasteiger partial charge in [-0.1, -0.05) is 30.1 Å². The fraction of sp³-hybridized carbons (Fsp3) is 0.786. The molecule has 0 aromatic rings. The van der Waals surface area contributed by atoms with Crippen LogP contribution in [0, 0.1) is 0 Å². The molecule has 6 heteroatoms. The molecule has 0 aromatic carbocycles. The minimum absolute atomic E-state index is 0.265. The monoisotopic (exact) mass is 323 g/mol. The van der Waals surface area contributed by atoms with Crippen LogP contribution < -0.4 is 0 Å². The lowest BCUT2D eigenvalue weighted by atomic mass is 10.00. The first-order valence-electron chi connectivity index (χ1n) is 6.78. The van der Waals surface area contributed by atoms with Gasteiger partial charge in [0.25, 0.3) is 0 Å². The average molecular weight is 324 g/mol. The van der Waals surface area contributed by atoms with Gasteiger partial charge in [0.05, 0.1) is 23.8 Å². The van der Waals surface area contributed by atoms with Crippen molar-refractivity contribution in [3.63, 3.8) is 0 Å². The molecule has 0 aromatic heterocycles. The molecule has 0 N–H and O–H groups in total. The molecular formula is C14H23Cl2NO3. The Morgan fingerprint density at radius 2 is 2.10 bits per heavy atom. The minimum atomic E-state index is -0.486. The van der Waals surface area contributed by atoms with Gasteiger partial charge in [-0.15, -0.1) is 0 Å². The third-order valence-electron chi connectivity index (χ3n) is 3.25. The van der Waals surface area contributed by atoms with E-state index in [0.717, 1.165) is 12.8 Å². The Hall–Kier alpha value is -0.450. The average Bonchev–Trinajstić information content (AvgIpc) is 2.79. The molecule has 0 aliphatic carbocycles. The number of amides is 1. The van der Waals surface area contributed by atoms with Crippen LogP contribution >= 0.6 is 23.2 Å². The molecule has 116 valence electrons. The summed E-state index contributed by atoms with van der Waals surface area (Å²) in [4.78, 5) is 13.7. The van der Waals surface area contributed by atoms with E-state index in [1.807, 2.05) is 27.7 Å². The summed E-state index contributed by atoms with van der Waals surface area (Å²) in [6.45, 7) is 9.02. The largest absolute Gasteiger partial charge is 0.444 e. The van der Waals surface area contributed by atoms with Crippen LogP contribution in [-0.2, 0) is 9.47 Å². The molecule has 4 nitrogen and oxygen atoms in total. The van der Waals surface area contributed by atoms with Gasteiger partial charge in [0, 0.05) is 12.1 Å². The summed E-state index contributed by atoms with van der Waals surface area (Å²) in [6.07, 6.45) is 1.28. The molecule has 20 heavy (non-hydrogen) atoms. The van der Waals surface area contributed by atoms with E-state index >= 15 is 0 Å². The van der Waals surface area contributed by atoms with Crippen molar-refractivity contribution < 1.29 is 14.3 Å².